The van der Waals surface area contributed by atoms with Gasteiger partial charge in [-0.05, 0) is 48.9 Å². The largest absolute Gasteiger partial charge is 0.350 e. The van der Waals surface area contributed by atoms with E-state index < -0.39 is 0 Å². The number of aromatic nitrogens is 2. The summed E-state index contributed by atoms with van der Waals surface area (Å²) in [4.78, 5) is 16.5. The molecule has 1 N–H and O–H groups in total. The van der Waals surface area contributed by atoms with Gasteiger partial charge in [0.25, 0.3) is 0 Å². The molecule has 0 unspecified atom stereocenters. The first-order chi connectivity index (χ1) is 12.5. The monoisotopic (exact) mass is 433 g/mol. The van der Waals surface area contributed by atoms with E-state index in [0.717, 1.165) is 15.6 Å². The van der Waals surface area contributed by atoms with Crippen LogP contribution in [0.4, 0.5) is 0 Å². The molecule has 5 nitrogen and oxygen atoms in total. The third-order valence-corrected chi connectivity index (χ3v) is 4.66. The lowest BCUT2D eigenvalue weighted by Crippen LogP contribution is -2.26. The van der Waals surface area contributed by atoms with E-state index in [4.69, 9.17) is 16.1 Å². The molecule has 1 aromatic heterocycles. The quantitative estimate of drug-likeness (QED) is 0.595. The van der Waals surface area contributed by atoms with Crippen molar-refractivity contribution in [3.05, 3.63) is 69.5 Å². The van der Waals surface area contributed by atoms with Gasteiger partial charge in [0, 0.05) is 27.9 Å². The summed E-state index contributed by atoms with van der Waals surface area (Å²) in [7, 11) is 0. The zero-order chi connectivity index (χ0) is 18.5. The second-order valence-electron chi connectivity index (χ2n) is 5.86. The molecule has 0 bridgehead atoms. The molecule has 134 valence electrons. The van der Waals surface area contributed by atoms with E-state index in [-0.39, 0.29) is 18.4 Å². The first kappa shape index (κ1) is 18.6. The Bertz CT molecular complexity index is 879. The molecule has 0 saturated heterocycles. The van der Waals surface area contributed by atoms with E-state index in [9.17, 15) is 4.79 Å². The van der Waals surface area contributed by atoms with Crippen LogP contribution in [0, 0.1) is 0 Å². The molecule has 26 heavy (non-hydrogen) atoms. The van der Waals surface area contributed by atoms with Gasteiger partial charge in [0.2, 0.25) is 17.6 Å². The highest BCUT2D eigenvalue weighted by Gasteiger charge is 2.13. The average molecular weight is 435 g/mol. The van der Waals surface area contributed by atoms with Crippen molar-refractivity contribution in [3.8, 4) is 11.4 Å². The number of nitrogens with one attached hydrogen (secondary N) is 1. The Morgan fingerprint density at radius 3 is 2.58 bits per heavy atom. The van der Waals surface area contributed by atoms with Crippen LogP contribution in [-0.2, 0) is 11.2 Å². The predicted octanol–water partition coefficient (Wildman–Crippen LogP) is 4.96. The summed E-state index contributed by atoms with van der Waals surface area (Å²) in [5.41, 5.74) is 1.86. The molecule has 2 aromatic carbocycles. The maximum Gasteiger partial charge on any atom is 0.227 e. The van der Waals surface area contributed by atoms with E-state index in [2.05, 4.69) is 31.4 Å². The van der Waals surface area contributed by atoms with Crippen LogP contribution in [0.1, 0.15) is 30.8 Å². The molecule has 3 aromatic rings. The standard InChI is InChI=1S/C19H17BrClN3O2/c1-12(13-4-8-16(21)9-5-13)22-17(25)10-11-18-23-19(24-26-18)14-2-6-15(20)7-3-14/h2-9,12H,10-11H2,1H3,(H,22,25)/t12-/m1/s1. The minimum absolute atomic E-state index is 0.0733. The molecule has 7 heteroatoms. The third-order valence-electron chi connectivity index (χ3n) is 3.88. The molecule has 1 amide bonds. The Balaban J connectivity index is 1.53. The van der Waals surface area contributed by atoms with Crippen LogP contribution in [0.25, 0.3) is 11.4 Å². The van der Waals surface area contributed by atoms with Crippen LogP contribution in [-0.4, -0.2) is 16.0 Å². The van der Waals surface area contributed by atoms with Crippen molar-refractivity contribution in [2.24, 2.45) is 0 Å². The Morgan fingerprint density at radius 2 is 1.88 bits per heavy atom. The first-order valence-corrected chi connectivity index (χ1v) is 9.32. The number of amides is 1. The minimum atomic E-state index is -0.0965. The summed E-state index contributed by atoms with van der Waals surface area (Å²) in [6.45, 7) is 1.93. The molecule has 0 saturated carbocycles. The van der Waals surface area contributed by atoms with Gasteiger partial charge in [0.1, 0.15) is 0 Å². The SMILES string of the molecule is C[C@@H](NC(=O)CCc1nc(-c2ccc(Br)cc2)no1)c1ccc(Cl)cc1. The van der Waals surface area contributed by atoms with Crippen molar-refractivity contribution in [2.75, 3.05) is 0 Å². The van der Waals surface area contributed by atoms with E-state index in [1.807, 2.05) is 55.5 Å². The highest BCUT2D eigenvalue weighted by molar-refractivity contribution is 9.10. The lowest BCUT2D eigenvalue weighted by molar-refractivity contribution is -0.121. The summed E-state index contributed by atoms with van der Waals surface area (Å²) in [5.74, 6) is 0.885. The molecule has 0 aliphatic carbocycles. The molecule has 0 radical (unpaired) electrons. The van der Waals surface area contributed by atoms with Crippen molar-refractivity contribution in [3.63, 3.8) is 0 Å². The van der Waals surface area contributed by atoms with Crippen LogP contribution in [0.3, 0.4) is 0 Å². The smallest absolute Gasteiger partial charge is 0.227 e. The van der Waals surface area contributed by atoms with Gasteiger partial charge in [0.15, 0.2) is 0 Å². The molecule has 0 spiro atoms. The number of hydrogen-bond acceptors (Lipinski definition) is 4. The van der Waals surface area contributed by atoms with Crippen LogP contribution in [0.15, 0.2) is 57.5 Å². The Kier molecular flexibility index (Phi) is 6.06. The number of carbonyl (C=O) groups is 1. The number of halogens is 2. The fourth-order valence-electron chi connectivity index (χ4n) is 2.44. The summed E-state index contributed by atoms with van der Waals surface area (Å²) in [6.07, 6.45) is 0.669. The fraction of sp³-hybridized carbons (Fsp3) is 0.211. The normalized spacial score (nSPS) is 12.0. The predicted molar refractivity (Wildman–Crippen MR) is 104 cm³/mol. The molecule has 1 atom stereocenters. The summed E-state index contributed by atoms with van der Waals surface area (Å²) in [5, 5.41) is 7.59. The molecule has 1 heterocycles. The molecule has 0 fully saturated rings. The van der Waals surface area contributed by atoms with Crippen LogP contribution in [0.5, 0.6) is 0 Å². The maximum absolute atomic E-state index is 12.1. The van der Waals surface area contributed by atoms with E-state index in [1.165, 1.54) is 0 Å². The fourth-order valence-corrected chi connectivity index (χ4v) is 2.83. The second-order valence-corrected chi connectivity index (χ2v) is 7.21. The van der Waals surface area contributed by atoms with Gasteiger partial charge in [-0.25, -0.2) is 0 Å². The van der Waals surface area contributed by atoms with E-state index in [1.54, 1.807) is 0 Å². The highest BCUT2D eigenvalue weighted by atomic mass is 79.9. The van der Waals surface area contributed by atoms with Crippen LogP contribution >= 0.6 is 27.5 Å². The van der Waals surface area contributed by atoms with Gasteiger partial charge in [-0.1, -0.05) is 44.8 Å². The number of hydrogen-bond donors (Lipinski definition) is 1. The highest BCUT2D eigenvalue weighted by Crippen LogP contribution is 2.20. The van der Waals surface area contributed by atoms with Crippen molar-refractivity contribution < 1.29 is 9.32 Å². The number of carbonyl (C=O) groups excluding carboxylic acids is 1. The van der Waals surface area contributed by atoms with Gasteiger partial charge in [-0.2, -0.15) is 4.98 Å². The molecule has 3 rings (SSSR count). The summed E-state index contributed by atoms with van der Waals surface area (Å²) < 4.78 is 6.22. The number of rotatable bonds is 6. The minimum Gasteiger partial charge on any atom is -0.350 e. The van der Waals surface area contributed by atoms with Gasteiger partial charge in [-0.3, -0.25) is 4.79 Å². The van der Waals surface area contributed by atoms with Crippen LogP contribution in [0.2, 0.25) is 5.02 Å². The van der Waals surface area contributed by atoms with E-state index >= 15 is 0 Å². The Hall–Kier alpha value is -2.18. The van der Waals surface area contributed by atoms with E-state index in [0.29, 0.717) is 23.2 Å². The number of aryl methyl sites for hydroxylation is 1. The third kappa shape index (κ3) is 4.93. The number of benzene rings is 2. The zero-order valence-corrected chi connectivity index (χ0v) is 16.4. The zero-order valence-electron chi connectivity index (χ0n) is 14.1. The lowest BCUT2D eigenvalue weighted by Gasteiger charge is -2.14. The lowest BCUT2D eigenvalue weighted by atomic mass is 10.1. The van der Waals surface area contributed by atoms with Crippen molar-refractivity contribution in [2.45, 2.75) is 25.8 Å². The van der Waals surface area contributed by atoms with Crippen molar-refractivity contribution in [1.29, 1.82) is 0 Å². The summed E-state index contributed by atoms with van der Waals surface area (Å²) in [6, 6.07) is 14.9. The van der Waals surface area contributed by atoms with Gasteiger partial charge in [-0.15, -0.1) is 0 Å². The van der Waals surface area contributed by atoms with Gasteiger partial charge >= 0.3 is 0 Å². The molecular formula is C19H17BrClN3O2. The Labute approximate surface area is 164 Å². The van der Waals surface area contributed by atoms with Gasteiger partial charge in [0.05, 0.1) is 6.04 Å². The van der Waals surface area contributed by atoms with Crippen molar-refractivity contribution in [1.82, 2.24) is 15.5 Å². The Morgan fingerprint density at radius 1 is 1.19 bits per heavy atom. The maximum atomic E-state index is 12.1. The number of nitrogens with zero attached hydrogens (tertiary/aromatic N) is 2. The summed E-state index contributed by atoms with van der Waals surface area (Å²) >= 11 is 9.27. The second kappa shape index (κ2) is 8.47. The average Bonchev–Trinajstić information content (AvgIpc) is 3.10. The van der Waals surface area contributed by atoms with Gasteiger partial charge < -0.3 is 9.84 Å². The molecular weight excluding hydrogens is 418 g/mol. The molecule has 0 aliphatic heterocycles. The van der Waals surface area contributed by atoms with Crippen LogP contribution < -0.4 is 5.32 Å². The topological polar surface area (TPSA) is 68.0 Å². The molecule has 0 aliphatic rings. The van der Waals surface area contributed by atoms with Crippen molar-refractivity contribution >= 4 is 33.4 Å². The first-order valence-electron chi connectivity index (χ1n) is 8.14.